The molecule has 0 radical (unpaired) electrons. The van der Waals surface area contributed by atoms with Crippen LogP contribution in [0.25, 0.3) is 11.5 Å². The van der Waals surface area contributed by atoms with E-state index in [1.165, 1.54) is 7.11 Å². The van der Waals surface area contributed by atoms with Crippen molar-refractivity contribution in [1.82, 2.24) is 15.4 Å². The Kier molecular flexibility index (Phi) is 2.47. The highest BCUT2D eigenvalue weighted by atomic mass is 16.5. The topological polar surface area (TPSA) is 81.0 Å². The minimum absolute atomic E-state index is 0.122. The van der Waals surface area contributed by atoms with E-state index in [1.54, 1.807) is 6.07 Å². The van der Waals surface area contributed by atoms with Crippen LogP contribution in [0.1, 0.15) is 21.8 Å². The van der Waals surface area contributed by atoms with Crippen molar-refractivity contribution in [3.05, 3.63) is 23.1 Å². The molecule has 2 rings (SSSR count). The Morgan fingerprint density at radius 2 is 2.19 bits per heavy atom. The molecule has 1 N–H and O–H groups in total. The summed E-state index contributed by atoms with van der Waals surface area (Å²) in [6.45, 7) is 3.76. The molecule has 0 aromatic carbocycles. The average molecular weight is 221 g/mol. The van der Waals surface area contributed by atoms with Crippen LogP contribution in [0.4, 0.5) is 0 Å². The first-order valence-electron chi connectivity index (χ1n) is 4.70. The van der Waals surface area contributed by atoms with Gasteiger partial charge in [0.15, 0.2) is 11.5 Å². The van der Waals surface area contributed by atoms with Gasteiger partial charge in [-0.25, -0.2) is 4.79 Å². The van der Waals surface area contributed by atoms with Crippen LogP contribution in [0.3, 0.4) is 0 Å². The van der Waals surface area contributed by atoms with Gasteiger partial charge in [0, 0.05) is 0 Å². The largest absolute Gasteiger partial charge is 0.464 e. The Morgan fingerprint density at radius 3 is 2.75 bits per heavy atom. The number of aromatic amines is 1. The molecule has 0 atom stereocenters. The van der Waals surface area contributed by atoms with Gasteiger partial charge >= 0.3 is 5.97 Å². The molecule has 2 aromatic rings. The average Bonchev–Trinajstić information content (AvgIpc) is 2.85. The fraction of sp³-hybridized carbons (Fsp3) is 0.300. The molecule has 0 saturated heterocycles. The first-order chi connectivity index (χ1) is 7.63. The van der Waals surface area contributed by atoms with Gasteiger partial charge in [0.2, 0.25) is 5.69 Å². The van der Waals surface area contributed by atoms with E-state index in [4.69, 9.17) is 4.42 Å². The van der Waals surface area contributed by atoms with E-state index in [0.717, 1.165) is 11.3 Å². The van der Waals surface area contributed by atoms with Crippen molar-refractivity contribution in [3.63, 3.8) is 0 Å². The second-order valence-corrected chi connectivity index (χ2v) is 3.36. The highest BCUT2D eigenvalue weighted by Gasteiger charge is 2.21. The van der Waals surface area contributed by atoms with Crippen LogP contribution in [0, 0.1) is 13.8 Å². The lowest BCUT2D eigenvalue weighted by molar-refractivity contribution is 0.0594. The number of nitrogens with zero attached hydrogens (tertiary/aromatic N) is 2. The minimum atomic E-state index is -0.546. The molecule has 2 heterocycles. The predicted octanol–water partition coefficient (Wildman–Crippen LogP) is 1.47. The quantitative estimate of drug-likeness (QED) is 0.776. The summed E-state index contributed by atoms with van der Waals surface area (Å²) in [6.07, 6.45) is 0. The number of hydrogen-bond acceptors (Lipinski definition) is 5. The van der Waals surface area contributed by atoms with Crippen molar-refractivity contribution in [2.45, 2.75) is 13.8 Å². The number of rotatable bonds is 2. The number of H-pyrrole nitrogens is 1. The maximum absolute atomic E-state index is 11.4. The Balaban J connectivity index is 2.48. The second-order valence-electron chi connectivity index (χ2n) is 3.36. The highest BCUT2D eigenvalue weighted by Crippen LogP contribution is 2.25. The third kappa shape index (κ3) is 1.58. The van der Waals surface area contributed by atoms with Crippen molar-refractivity contribution >= 4 is 5.97 Å². The molecular weight excluding hydrogens is 210 g/mol. The lowest BCUT2D eigenvalue weighted by atomic mass is 10.2. The highest BCUT2D eigenvalue weighted by molar-refractivity contribution is 5.93. The summed E-state index contributed by atoms with van der Waals surface area (Å²) in [6, 6.07) is 1.81. The van der Waals surface area contributed by atoms with Crippen LogP contribution < -0.4 is 0 Å². The summed E-state index contributed by atoms with van der Waals surface area (Å²) in [5.74, 6) is 0.744. The maximum atomic E-state index is 11.4. The molecule has 0 bridgehead atoms. The molecule has 0 aliphatic rings. The molecule has 0 fully saturated rings. The number of methoxy groups -OCH3 is 1. The number of esters is 1. The number of carbonyl (C=O) groups excluding carboxylic acids is 1. The molecule has 0 unspecified atom stereocenters. The minimum Gasteiger partial charge on any atom is -0.464 e. The number of nitrogens with one attached hydrogen (secondary N) is 1. The number of aromatic nitrogens is 3. The Hall–Kier alpha value is -2.11. The van der Waals surface area contributed by atoms with Gasteiger partial charge in [-0.1, -0.05) is 0 Å². The molecule has 84 valence electrons. The smallest absolute Gasteiger partial charge is 0.361 e. The van der Waals surface area contributed by atoms with E-state index >= 15 is 0 Å². The third-order valence-electron chi connectivity index (χ3n) is 2.33. The first-order valence-corrected chi connectivity index (χ1v) is 4.70. The van der Waals surface area contributed by atoms with Gasteiger partial charge in [-0.05, 0) is 25.5 Å². The van der Waals surface area contributed by atoms with E-state index in [1.807, 2.05) is 13.8 Å². The normalized spacial score (nSPS) is 10.4. The van der Waals surface area contributed by atoms with Gasteiger partial charge in [-0.2, -0.15) is 10.3 Å². The van der Waals surface area contributed by atoms with Crippen molar-refractivity contribution in [2.75, 3.05) is 7.11 Å². The second kappa shape index (κ2) is 3.80. The number of ether oxygens (including phenoxy) is 1. The van der Waals surface area contributed by atoms with Crippen LogP contribution in [0.5, 0.6) is 0 Å². The monoisotopic (exact) mass is 221 g/mol. The van der Waals surface area contributed by atoms with E-state index in [0.29, 0.717) is 11.5 Å². The van der Waals surface area contributed by atoms with E-state index in [2.05, 4.69) is 20.1 Å². The molecule has 0 aliphatic carbocycles. The molecule has 0 aliphatic heterocycles. The van der Waals surface area contributed by atoms with Gasteiger partial charge in [0.1, 0.15) is 5.76 Å². The van der Waals surface area contributed by atoms with Crippen molar-refractivity contribution in [3.8, 4) is 11.5 Å². The van der Waals surface area contributed by atoms with E-state index < -0.39 is 5.97 Å². The predicted molar refractivity (Wildman–Crippen MR) is 54.9 cm³/mol. The summed E-state index contributed by atoms with van der Waals surface area (Å²) in [5, 5.41) is 9.99. The van der Waals surface area contributed by atoms with Crippen molar-refractivity contribution in [2.24, 2.45) is 0 Å². The van der Waals surface area contributed by atoms with Gasteiger partial charge in [0.05, 0.1) is 7.11 Å². The van der Waals surface area contributed by atoms with Crippen LogP contribution in [-0.2, 0) is 4.74 Å². The first kappa shape index (κ1) is 10.4. The molecule has 0 amide bonds. The van der Waals surface area contributed by atoms with E-state index in [9.17, 15) is 4.79 Å². The fourth-order valence-corrected chi connectivity index (χ4v) is 1.33. The van der Waals surface area contributed by atoms with Crippen molar-refractivity contribution < 1.29 is 13.9 Å². The fourth-order valence-electron chi connectivity index (χ4n) is 1.33. The Labute approximate surface area is 91.6 Å². The van der Waals surface area contributed by atoms with Gasteiger partial charge < -0.3 is 9.15 Å². The lowest BCUT2D eigenvalue weighted by Gasteiger charge is -1.95. The zero-order chi connectivity index (χ0) is 11.7. The molecule has 0 spiro atoms. The SMILES string of the molecule is COC(=O)c1n[nH]nc1-c1cc(C)c(C)o1. The summed E-state index contributed by atoms with van der Waals surface area (Å²) in [4.78, 5) is 11.4. The summed E-state index contributed by atoms with van der Waals surface area (Å²) in [7, 11) is 1.29. The molecular formula is C10H11N3O3. The standard InChI is InChI=1S/C10H11N3O3/c1-5-4-7(16-6(5)2)8-9(10(14)15-3)12-13-11-8/h4H,1-3H3,(H,11,12,13). The molecule has 0 saturated carbocycles. The van der Waals surface area contributed by atoms with Crippen LogP contribution in [-0.4, -0.2) is 28.5 Å². The van der Waals surface area contributed by atoms with Crippen molar-refractivity contribution in [1.29, 1.82) is 0 Å². The maximum Gasteiger partial charge on any atom is 0.361 e. The Morgan fingerprint density at radius 1 is 1.44 bits per heavy atom. The summed E-state index contributed by atoms with van der Waals surface area (Å²) >= 11 is 0. The third-order valence-corrected chi connectivity index (χ3v) is 2.33. The van der Waals surface area contributed by atoms with Gasteiger partial charge in [-0.3, -0.25) is 0 Å². The lowest BCUT2D eigenvalue weighted by Crippen LogP contribution is -2.03. The van der Waals surface area contributed by atoms with Gasteiger partial charge in [-0.15, -0.1) is 5.10 Å². The number of hydrogen-bond donors (Lipinski definition) is 1. The summed E-state index contributed by atoms with van der Waals surface area (Å²) < 4.78 is 10.1. The number of furan rings is 1. The number of aryl methyl sites for hydroxylation is 2. The Bertz CT molecular complexity index is 508. The molecule has 2 aromatic heterocycles. The van der Waals surface area contributed by atoms with E-state index in [-0.39, 0.29) is 5.69 Å². The van der Waals surface area contributed by atoms with Gasteiger partial charge in [0.25, 0.3) is 0 Å². The number of carbonyl (C=O) groups is 1. The molecule has 6 nitrogen and oxygen atoms in total. The summed E-state index contributed by atoms with van der Waals surface area (Å²) in [5.41, 5.74) is 1.48. The van der Waals surface area contributed by atoms with Crippen LogP contribution in [0.2, 0.25) is 0 Å². The van der Waals surface area contributed by atoms with Crippen LogP contribution in [0.15, 0.2) is 10.5 Å². The zero-order valence-electron chi connectivity index (χ0n) is 9.20. The molecule has 16 heavy (non-hydrogen) atoms. The van der Waals surface area contributed by atoms with Crippen LogP contribution >= 0.6 is 0 Å². The zero-order valence-corrected chi connectivity index (χ0v) is 9.20. The molecule has 6 heteroatoms.